The molecule has 1 aromatic carbocycles. The molecule has 0 saturated carbocycles. The minimum absolute atomic E-state index is 0.0317. The lowest BCUT2D eigenvalue weighted by Crippen LogP contribution is -2.65. The van der Waals surface area contributed by atoms with Crippen molar-refractivity contribution in [3.63, 3.8) is 0 Å². The van der Waals surface area contributed by atoms with Gasteiger partial charge in [0, 0.05) is 31.2 Å². The van der Waals surface area contributed by atoms with E-state index >= 15 is 4.39 Å². The van der Waals surface area contributed by atoms with Gasteiger partial charge < -0.3 is 25.4 Å². The molecule has 47 heavy (non-hydrogen) atoms. The smallest absolute Gasteiger partial charge is 0.418 e. The number of nitrogens with zero attached hydrogens (tertiary/aromatic N) is 5. The van der Waals surface area contributed by atoms with Crippen molar-refractivity contribution in [3.05, 3.63) is 28.0 Å². The van der Waals surface area contributed by atoms with Gasteiger partial charge in [0.2, 0.25) is 0 Å². The third kappa shape index (κ3) is 5.55. The van der Waals surface area contributed by atoms with Gasteiger partial charge in [-0.3, -0.25) is 4.90 Å². The number of aryl methyl sites for hydroxylation is 1. The van der Waals surface area contributed by atoms with Crippen molar-refractivity contribution in [1.29, 1.82) is 0 Å². The largest absolute Gasteiger partial charge is 0.489 e. The molecule has 3 fully saturated rings. The van der Waals surface area contributed by atoms with E-state index in [1.54, 1.807) is 7.05 Å². The number of halogens is 8. The average Bonchev–Trinajstić information content (AvgIpc) is 3.28. The molecule has 7 rings (SSSR count). The number of ether oxygens (including phenoxy) is 2. The van der Waals surface area contributed by atoms with E-state index < -0.39 is 57.5 Å². The maximum absolute atomic E-state index is 16.8. The predicted molar refractivity (Wildman–Crippen MR) is 159 cm³/mol. The molecule has 4 aliphatic heterocycles. The molecule has 17 heteroatoms. The van der Waals surface area contributed by atoms with E-state index in [0.29, 0.717) is 6.54 Å². The number of nitrogens with two attached hydrogens (primary N) is 1. The highest BCUT2D eigenvalue weighted by Crippen LogP contribution is 2.51. The Labute approximate surface area is 269 Å². The van der Waals surface area contributed by atoms with Crippen LogP contribution in [0.3, 0.4) is 0 Å². The van der Waals surface area contributed by atoms with Crippen molar-refractivity contribution in [2.45, 2.75) is 69.1 Å². The second-order valence-corrected chi connectivity index (χ2v) is 13.2. The molecule has 9 nitrogen and oxygen atoms in total. The van der Waals surface area contributed by atoms with Crippen LogP contribution in [0.1, 0.15) is 36.8 Å². The molecule has 0 radical (unpaired) electrons. The summed E-state index contributed by atoms with van der Waals surface area (Å²) >= 11 is 6.76. The number of likely N-dealkylation sites (tertiary alicyclic amines) is 1. The fourth-order valence-electron chi connectivity index (χ4n) is 7.48. The number of pyridine rings is 1. The summed E-state index contributed by atoms with van der Waals surface area (Å²) in [5.74, 6) is -2.94. The van der Waals surface area contributed by atoms with Gasteiger partial charge in [-0.2, -0.15) is 36.3 Å². The van der Waals surface area contributed by atoms with Crippen molar-refractivity contribution in [2.24, 2.45) is 5.92 Å². The Balaban J connectivity index is 1.40. The molecule has 0 unspecified atom stereocenters. The summed E-state index contributed by atoms with van der Waals surface area (Å²) in [7, 11) is 1.55. The number of benzene rings is 1. The standard InChI is InChI=1S/C30H31ClF7N7O2/c1-12-6-18(39)41-24(21(12)30(36,37)38)19-22(31)26-20-25(23(19)32)42-28(47-10-15-7-13(8-44(15)2)29(33,34)35)43-27(20)45-9-14-4-3-5-16(40-14)17(45)11-46-26/h6,13-17,40H,3-5,7-11H2,1-2H3,(H2,39,41)/t13-,14-,15+,16+,17-/m1/s1. The predicted octanol–water partition coefficient (Wildman–Crippen LogP) is 5.75. The zero-order valence-corrected chi connectivity index (χ0v) is 26.0. The van der Waals surface area contributed by atoms with E-state index in [1.807, 2.05) is 4.90 Å². The lowest BCUT2D eigenvalue weighted by molar-refractivity contribution is -0.170. The minimum atomic E-state index is -4.95. The van der Waals surface area contributed by atoms with Crippen molar-refractivity contribution in [1.82, 2.24) is 25.2 Å². The highest BCUT2D eigenvalue weighted by molar-refractivity contribution is 6.36. The van der Waals surface area contributed by atoms with Gasteiger partial charge in [0.05, 0.1) is 39.2 Å². The van der Waals surface area contributed by atoms with Crippen LogP contribution in [0.2, 0.25) is 5.02 Å². The second kappa shape index (κ2) is 11.4. The van der Waals surface area contributed by atoms with Crippen LogP contribution >= 0.6 is 11.6 Å². The first-order valence-electron chi connectivity index (χ1n) is 15.2. The first-order valence-corrected chi connectivity index (χ1v) is 15.6. The SMILES string of the molecule is Cc1cc(N)nc(-c2c(Cl)c3c4c(nc(OC[C@@H]5C[C@@H](C(F)(F)F)CN5C)nc4c2F)N2C[C@H]4CCC[C@H](N4)[C@H]2CO3)c1C(F)(F)F. The summed E-state index contributed by atoms with van der Waals surface area (Å²) in [5, 5.41) is 3.19. The van der Waals surface area contributed by atoms with Crippen LogP contribution < -0.4 is 25.4 Å². The van der Waals surface area contributed by atoms with Gasteiger partial charge >= 0.3 is 18.4 Å². The zero-order valence-electron chi connectivity index (χ0n) is 25.3. The van der Waals surface area contributed by atoms with Crippen LogP contribution in [-0.4, -0.2) is 83.5 Å². The Morgan fingerprint density at radius 1 is 1.13 bits per heavy atom. The van der Waals surface area contributed by atoms with Crippen molar-refractivity contribution in [2.75, 3.05) is 44.0 Å². The second-order valence-electron chi connectivity index (χ2n) is 12.8. The van der Waals surface area contributed by atoms with E-state index in [0.717, 1.165) is 25.3 Å². The Kier molecular flexibility index (Phi) is 7.78. The molecular weight excluding hydrogens is 659 g/mol. The Morgan fingerprint density at radius 2 is 1.89 bits per heavy atom. The van der Waals surface area contributed by atoms with Crippen molar-refractivity contribution >= 4 is 34.1 Å². The number of nitrogen functional groups attached to an aromatic ring is 1. The minimum Gasteiger partial charge on any atom is -0.489 e. The lowest BCUT2D eigenvalue weighted by Gasteiger charge is -2.48. The Bertz CT molecular complexity index is 1740. The summed E-state index contributed by atoms with van der Waals surface area (Å²) in [6, 6.07) is -0.198. The van der Waals surface area contributed by atoms with E-state index in [1.165, 1.54) is 11.8 Å². The molecular formula is C30H31ClF7N7O2. The van der Waals surface area contributed by atoms with Crippen LogP contribution in [0, 0.1) is 18.7 Å². The monoisotopic (exact) mass is 689 g/mol. The van der Waals surface area contributed by atoms with Crippen molar-refractivity contribution < 1.29 is 40.2 Å². The van der Waals surface area contributed by atoms with Crippen LogP contribution in [0.25, 0.3) is 22.2 Å². The molecule has 6 heterocycles. The summed E-state index contributed by atoms with van der Waals surface area (Å²) in [6.45, 7) is 1.25. The zero-order chi connectivity index (χ0) is 33.6. The molecule has 3 N–H and O–H groups in total. The van der Waals surface area contributed by atoms with Crippen LogP contribution in [0.4, 0.5) is 42.4 Å². The first kappa shape index (κ1) is 32.2. The van der Waals surface area contributed by atoms with Crippen LogP contribution in [0.5, 0.6) is 11.8 Å². The summed E-state index contributed by atoms with van der Waals surface area (Å²) < 4.78 is 112. The molecule has 5 atom stereocenters. The van der Waals surface area contributed by atoms with E-state index in [2.05, 4.69) is 20.3 Å². The molecule has 0 amide bonds. The van der Waals surface area contributed by atoms with E-state index in [4.69, 9.17) is 26.8 Å². The normalized spacial score (nSPS) is 26.3. The molecule has 3 saturated heterocycles. The summed E-state index contributed by atoms with van der Waals surface area (Å²) in [6.07, 6.45) is -6.86. The number of piperidine rings is 1. The van der Waals surface area contributed by atoms with Gasteiger partial charge in [0.1, 0.15) is 30.4 Å². The van der Waals surface area contributed by atoms with Crippen molar-refractivity contribution in [3.8, 4) is 23.0 Å². The quantitative estimate of drug-likeness (QED) is 0.332. The fourth-order valence-corrected chi connectivity index (χ4v) is 7.80. The number of anilines is 2. The van der Waals surface area contributed by atoms with Gasteiger partial charge in [-0.1, -0.05) is 18.0 Å². The topological polar surface area (TPSA) is 102 Å². The first-order chi connectivity index (χ1) is 22.1. The Morgan fingerprint density at radius 3 is 2.60 bits per heavy atom. The number of nitrogens with one attached hydrogen (secondary N) is 1. The van der Waals surface area contributed by atoms with Gasteiger partial charge in [-0.15, -0.1) is 0 Å². The molecule has 3 aromatic rings. The molecule has 0 aliphatic carbocycles. The third-order valence-electron chi connectivity index (χ3n) is 9.73. The number of aromatic nitrogens is 3. The number of hydrogen-bond acceptors (Lipinski definition) is 9. The number of piperazine rings is 1. The maximum Gasteiger partial charge on any atom is 0.418 e. The van der Waals surface area contributed by atoms with E-state index in [-0.39, 0.29) is 78.7 Å². The van der Waals surface area contributed by atoms with Gasteiger partial charge in [0.15, 0.2) is 11.6 Å². The Hall–Kier alpha value is -3.37. The molecule has 4 aliphatic rings. The number of fused-ring (bicyclic) bond motifs is 5. The molecule has 0 spiro atoms. The number of likely N-dealkylation sites (N-methyl/N-ethyl adjacent to an activating group) is 1. The fraction of sp³-hybridized carbons (Fsp3) is 0.567. The average molecular weight is 690 g/mol. The van der Waals surface area contributed by atoms with Crippen LogP contribution in [-0.2, 0) is 6.18 Å². The molecule has 2 bridgehead atoms. The molecule has 254 valence electrons. The van der Waals surface area contributed by atoms with Gasteiger partial charge in [-0.25, -0.2) is 9.37 Å². The number of alkyl halides is 6. The highest BCUT2D eigenvalue weighted by Gasteiger charge is 2.47. The van der Waals surface area contributed by atoms with Gasteiger partial charge in [0.25, 0.3) is 0 Å². The van der Waals surface area contributed by atoms with E-state index in [9.17, 15) is 26.3 Å². The third-order valence-corrected chi connectivity index (χ3v) is 10.1. The van der Waals surface area contributed by atoms with Crippen LogP contribution in [0.15, 0.2) is 6.07 Å². The summed E-state index contributed by atoms with van der Waals surface area (Å²) in [5.41, 5.74) is 2.38. The van der Waals surface area contributed by atoms with Gasteiger partial charge in [-0.05, 0) is 44.9 Å². The molecule has 2 aromatic heterocycles. The number of rotatable bonds is 4. The number of hydrogen-bond donors (Lipinski definition) is 2. The maximum atomic E-state index is 16.8. The lowest BCUT2D eigenvalue weighted by atomic mass is 9.88. The highest BCUT2D eigenvalue weighted by atomic mass is 35.5. The summed E-state index contributed by atoms with van der Waals surface area (Å²) in [4.78, 5) is 16.3.